The molecule has 0 unspecified atom stereocenters. The Morgan fingerprint density at radius 2 is 1.90 bits per heavy atom. The number of hydrogen-bond donors (Lipinski definition) is 0. The maximum atomic E-state index is 5.45. The van der Waals surface area contributed by atoms with Crippen LogP contribution in [0.4, 0.5) is 0 Å². The van der Waals surface area contributed by atoms with E-state index in [0.717, 1.165) is 0 Å². The number of allylic oxidation sites excluding steroid dienone is 1. The highest BCUT2D eigenvalue weighted by atomic mass is 16.5. The number of hydrogen-bond acceptors (Lipinski definition) is 1. The van der Waals surface area contributed by atoms with Crippen LogP contribution in [0.1, 0.15) is 39.0 Å². The molecule has 1 aliphatic rings. The molecular weight excluding hydrogens is 124 g/mol. The Labute approximate surface area is 63.1 Å². The van der Waals surface area contributed by atoms with Crippen LogP contribution in [0, 0.1) is 0 Å². The van der Waals surface area contributed by atoms with Crippen LogP contribution in [0.25, 0.3) is 0 Å². The van der Waals surface area contributed by atoms with E-state index in [4.69, 9.17) is 4.74 Å². The van der Waals surface area contributed by atoms with Crippen molar-refractivity contribution in [3.05, 3.63) is 12.3 Å². The van der Waals surface area contributed by atoms with Gasteiger partial charge in [-0.25, -0.2) is 0 Å². The third kappa shape index (κ3) is 2.42. The predicted octanol–water partition coefficient (Wildman–Crippen LogP) is 2.87. The molecule has 0 aliphatic heterocycles. The second kappa shape index (κ2) is 4.37. The molecule has 1 heteroatoms. The summed E-state index contributed by atoms with van der Waals surface area (Å²) >= 11 is 0. The fraction of sp³-hybridized carbons (Fsp3) is 0.778. The second-order valence-electron chi connectivity index (χ2n) is 2.87. The first-order valence-corrected chi connectivity index (χ1v) is 4.20. The summed E-state index contributed by atoms with van der Waals surface area (Å²) in [5.74, 6) is 0. The summed E-state index contributed by atoms with van der Waals surface area (Å²) in [7, 11) is 0. The van der Waals surface area contributed by atoms with Gasteiger partial charge < -0.3 is 4.74 Å². The van der Waals surface area contributed by atoms with Crippen molar-refractivity contribution in [1.82, 2.24) is 0 Å². The smallest absolute Gasteiger partial charge is 0.0978 e. The van der Waals surface area contributed by atoms with Crippen LogP contribution in [-0.4, -0.2) is 6.10 Å². The average Bonchev–Trinajstić information content (AvgIpc) is 2.03. The lowest BCUT2D eigenvalue weighted by Crippen LogP contribution is -2.13. The van der Waals surface area contributed by atoms with Crippen molar-refractivity contribution in [2.45, 2.75) is 45.1 Å². The van der Waals surface area contributed by atoms with E-state index in [0.29, 0.717) is 6.10 Å². The van der Waals surface area contributed by atoms with Gasteiger partial charge in [0.25, 0.3) is 0 Å². The molecule has 0 N–H and O–H groups in total. The maximum absolute atomic E-state index is 5.45. The molecule has 0 bridgehead atoms. The predicted molar refractivity (Wildman–Crippen MR) is 42.8 cm³/mol. The molecule has 0 saturated heterocycles. The molecule has 0 amide bonds. The van der Waals surface area contributed by atoms with Crippen molar-refractivity contribution in [2.75, 3.05) is 0 Å². The summed E-state index contributed by atoms with van der Waals surface area (Å²) in [4.78, 5) is 0. The molecule has 0 aromatic heterocycles. The van der Waals surface area contributed by atoms with E-state index in [-0.39, 0.29) is 0 Å². The summed E-state index contributed by atoms with van der Waals surface area (Å²) in [6.45, 7) is 1.99. The van der Waals surface area contributed by atoms with E-state index in [2.05, 4.69) is 0 Å². The normalized spacial score (nSPS) is 21.7. The Morgan fingerprint density at radius 3 is 2.50 bits per heavy atom. The van der Waals surface area contributed by atoms with Gasteiger partial charge in [0.1, 0.15) is 0 Å². The van der Waals surface area contributed by atoms with Gasteiger partial charge in [-0.15, -0.1) is 0 Å². The number of rotatable bonds is 2. The zero-order chi connectivity index (χ0) is 7.23. The van der Waals surface area contributed by atoms with E-state index in [9.17, 15) is 0 Å². The van der Waals surface area contributed by atoms with Crippen molar-refractivity contribution < 1.29 is 4.74 Å². The Kier molecular flexibility index (Phi) is 3.34. The van der Waals surface area contributed by atoms with Crippen LogP contribution in [0.2, 0.25) is 0 Å². The molecule has 0 heterocycles. The molecule has 0 aromatic carbocycles. The first kappa shape index (κ1) is 7.64. The van der Waals surface area contributed by atoms with Crippen LogP contribution in [0.5, 0.6) is 0 Å². The highest BCUT2D eigenvalue weighted by molar-refractivity contribution is 4.71. The fourth-order valence-corrected chi connectivity index (χ4v) is 1.39. The molecule has 1 nitrogen and oxygen atoms in total. The van der Waals surface area contributed by atoms with E-state index in [1.165, 1.54) is 32.1 Å². The summed E-state index contributed by atoms with van der Waals surface area (Å²) in [5.41, 5.74) is 0. The summed E-state index contributed by atoms with van der Waals surface area (Å²) in [6, 6.07) is 0. The van der Waals surface area contributed by atoms with Gasteiger partial charge in [0.05, 0.1) is 12.4 Å². The molecule has 58 valence electrons. The van der Waals surface area contributed by atoms with Gasteiger partial charge in [-0.3, -0.25) is 0 Å². The Bertz CT molecular complexity index is 101. The largest absolute Gasteiger partial charge is 0.498 e. The lowest BCUT2D eigenvalue weighted by Gasteiger charge is -2.20. The van der Waals surface area contributed by atoms with Gasteiger partial charge in [-0.2, -0.15) is 0 Å². The van der Waals surface area contributed by atoms with Gasteiger partial charge >= 0.3 is 0 Å². The van der Waals surface area contributed by atoms with Crippen LogP contribution in [0.3, 0.4) is 0 Å². The fourth-order valence-electron chi connectivity index (χ4n) is 1.39. The summed E-state index contributed by atoms with van der Waals surface area (Å²) in [6.07, 6.45) is 10.9. The van der Waals surface area contributed by atoms with Gasteiger partial charge in [0, 0.05) is 0 Å². The maximum Gasteiger partial charge on any atom is 0.0978 e. The average molecular weight is 140 g/mol. The van der Waals surface area contributed by atoms with Crippen LogP contribution in [0.15, 0.2) is 12.3 Å². The van der Waals surface area contributed by atoms with Crippen molar-refractivity contribution in [3.63, 3.8) is 0 Å². The van der Waals surface area contributed by atoms with E-state index < -0.39 is 0 Å². The standard InChI is InChI=1S/C9H16O/c1-2-8-10-9-6-4-3-5-7-9/h2,8-9H,3-7H2,1H3/b8-2-. The molecule has 0 spiro atoms. The zero-order valence-electron chi connectivity index (χ0n) is 6.68. The Hall–Kier alpha value is -0.460. The number of ether oxygens (including phenoxy) is 1. The second-order valence-corrected chi connectivity index (χ2v) is 2.87. The lowest BCUT2D eigenvalue weighted by molar-refractivity contribution is 0.106. The van der Waals surface area contributed by atoms with Crippen molar-refractivity contribution in [1.29, 1.82) is 0 Å². The molecular formula is C9H16O. The highest BCUT2D eigenvalue weighted by Gasteiger charge is 2.11. The van der Waals surface area contributed by atoms with Gasteiger partial charge in [-0.05, 0) is 32.6 Å². The highest BCUT2D eigenvalue weighted by Crippen LogP contribution is 2.20. The molecule has 1 fully saturated rings. The van der Waals surface area contributed by atoms with Gasteiger partial charge in [-0.1, -0.05) is 12.5 Å². The van der Waals surface area contributed by atoms with Crippen LogP contribution >= 0.6 is 0 Å². The molecule has 1 rings (SSSR count). The zero-order valence-corrected chi connectivity index (χ0v) is 6.68. The summed E-state index contributed by atoms with van der Waals surface area (Å²) in [5, 5.41) is 0. The minimum absolute atomic E-state index is 0.518. The first-order valence-electron chi connectivity index (χ1n) is 4.20. The Morgan fingerprint density at radius 1 is 1.20 bits per heavy atom. The molecule has 10 heavy (non-hydrogen) atoms. The van der Waals surface area contributed by atoms with Crippen molar-refractivity contribution in [3.8, 4) is 0 Å². The molecule has 1 saturated carbocycles. The first-order chi connectivity index (χ1) is 4.93. The minimum atomic E-state index is 0.518. The summed E-state index contributed by atoms with van der Waals surface area (Å²) < 4.78 is 5.45. The van der Waals surface area contributed by atoms with Crippen LogP contribution in [-0.2, 0) is 4.74 Å². The topological polar surface area (TPSA) is 9.23 Å². The third-order valence-corrected chi connectivity index (χ3v) is 1.96. The van der Waals surface area contributed by atoms with Crippen molar-refractivity contribution in [2.24, 2.45) is 0 Å². The molecule has 0 aromatic rings. The van der Waals surface area contributed by atoms with E-state index >= 15 is 0 Å². The Balaban J connectivity index is 2.13. The van der Waals surface area contributed by atoms with E-state index in [1.54, 1.807) is 0 Å². The molecule has 0 atom stereocenters. The van der Waals surface area contributed by atoms with Crippen molar-refractivity contribution >= 4 is 0 Å². The third-order valence-electron chi connectivity index (χ3n) is 1.96. The van der Waals surface area contributed by atoms with Gasteiger partial charge in [0.2, 0.25) is 0 Å². The quantitative estimate of drug-likeness (QED) is 0.536. The lowest BCUT2D eigenvalue weighted by atomic mass is 9.98. The monoisotopic (exact) mass is 140 g/mol. The molecule has 0 radical (unpaired) electrons. The van der Waals surface area contributed by atoms with Gasteiger partial charge in [0.15, 0.2) is 0 Å². The van der Waals surface area contributed by atoms with Crippen LogP contribution < -0.4 is 0 Å². The van der Waals surface area contributed by atoms with E-state index in [1.807, 2.05) is 19.3 Å². The SMILES string of the molecule is C/C=C\OC1CCCCC1. The molecule has 1 aliphatic carbocycles. The minimum Gasteiger partial charge on any atom is -0.498 e.